The molecule has 0 bridgehead atoms. The molecule has 0 saturated heterocycles. The van der Waals surface area contributed by atoms with Crippen LogP contribution in [-0.4, -0.2) is 20.0 Å². The van der Waals surface area contributed by atoms with Crippen LogP contribution in [0.15, 0.2) is 24.3 Å². The van der Waals surface area contributed by atoms with Crippen molar-refractivity contribution in [3.05, 3.63) is 24.3 Å². The smallest absolute Gasteiger partial charge is 0.359 e. The van der Waals surface area contributed by atoms with Crippen LogP contribution in [0.5, 0.6) is 0 Å². The van der Waals surface area contributed by atoms with E-state index in [1.165, 1.54) is 13.1 Å². The summed E-state index contributed by atoms with van der Waals surface area (Å²) in [5.74, 6) is 0. The van der Waals surface area contributed by atoms with Crippen LogP contribution in [0.2, 0.25) is 0 Å². The molecule has 0 aromatic heterocycles. The quantitative estimate of drug-likeness (QED) is 0.540. The molecule has 0 aliphatic heterocycles. The lowest BCUT2D eigenvalue weighted by atomic mass is 10.3. The molecule has 1 aromatic carbocycles. The molecule has 0 unspecified atom stereocenters. The fourth-order valence-electron chi connectivity index (χ4n) is 0.899. The van der Waals surface area contributed by atoms with E-state index in [9.17, 15) is 8.42 Å². The minimum absolute atomic E-state index is 0.255. The Bertz CT molecular complexity index is 402. The minimum atomic E-state index is -4.23. The second kappa shape index (κ2) is 3.23. The van der Waals surface area contributed by atoms with E-state index in [0.717, 1.165) is 0 Å². The zero-order valence-electron chi connectivity index (χ0n) is 7.01. The Balaban J connectivity index is 3.17. The SMILES string of the molecule is CN(c1ccccc1N)S(=O)(=O)O. The number of hydrogen-bond donors (Lipinski definition) is 2. The van der Waals surface area contributed by atoms with Gasteiger partial charge >= 0.3 is 10.3 Å². The van der Waals surface area contributed by atoms with E-state index in [1.54, 1.807) is 18.2 Å². The number of rotatable bonds is 2. The summed E-state index contributed by atoms with van der Waals surface area (Å²) in [7, 11) is -3.00. The van der Waals surface area contributed by atoms with E-state index in [4.69, 9.17) is 10.3 Å². The zero-order valence-corrected chi connectivity index (χ0v) is 7.82. The molecule has 1 aromatic rings. The molecule has 6 heteroatoms. The summed E-state index contributed by atoms with van der Waals surface area (Å²) in [6, 6.07) is 6.37. The summed E-state index contributed by atoms with van der Waals surface area (Å²) in [6.07, 6.45) is 0. The molecule has 0 aliphatic carbocycles. The molecule has 1 rings (SSSR count). The summed E-state index contributed by atoms with van der Waals surface area (Å²) in [5.41, 5.74) is 6.05. The predicted octanol–water partition coefficient (Wildman–Crippen LogP) is 0.508. The molecule has 0 saturated carbocycles. The van der Waals surface area contributed by atoms with Gasteiger partial charge in [0.15, 0.2) is 0 Å². The van der Waals surface area contributed by atoms with Gasteiger partial charge in [-0.15, -0.1) is 0 Å². The summed E-state index contributed by atoms with van der Waals surface area (Å²) < 4.78 is 30.8. The number of benzene rings is 1. The van der Waals surface area contributed by atoms with Crippen LogP contribution >= 0.6 is 0 Å². The summed E-state index contributed by atoms with van der Waals surface area (Å²) in [4.78, 5) is 0. The van der Waals surface area contributed by atoms with Gasteiger partial charge in [-0.3, -0.25) is 4.55 Å². The van der Waals surface area contributed by atoms with Crippen LogP contribution in [0.25, 0.3) is 0 Å². The topological polar surface area (TPSA) is 83.6 Å². The maximum absolute atomic E-state index is 10.7. The van der Waals surface area contributed by atoms with E-state index in [1.807, 2.05) is 0 Å². The number of anilines is 2. The van der Waals surface area contributed by atoms with Crippen molar-refractivity contribution in [1.29, 1.82) is 0 Å². The van der Waals surface area contributed by atoms with Crippen LogP contribution in [0, 0.1) is 0 Å². The fraction of sp³-hybridized carbons (Fsp3) is 0.143. The van der Waals surface area contributed by atoms with Gasteiger partial charge in [-0.2, -0.15) is 8.42 Å². The van der Waals surface area contributed by atoms with Gasteiger partial charge in [-0.05, 0) is 12.1 Å². The first-order valence-electron chi connectivity index (χ1n) is 3.49. The van der Waals surface area contributed by atoms with Gasteiger partial charge in [0.05, 0.1) is 11.4 Å². The first-order valence-corrected chi connectivity index (χ1v) is 4.88. The highest BCUT2D eigenvalue weighted by Crippen LogP contribution is 2.22. The average molecular weight is 202 g/mol. The van der Waals surface area contributed by atoms with Crippen LogP contribution in [0.3, 0.4) is 0 Å². The minimum Gasteiger partial charge on any atom is -0.397 e. The number of hydrogen-bond acceptors (Lipinski definition) is 3. The Kier molecular flexibility index (Phi) is 2.44. The maximum atomic E-state index is 10.7. The number of nitrogens with zero attached hydrogens (tertiary/aromatic N) is 1. The average Bonchev–Trinajstić information content (AvgIpc) is 2.02. The molecule has 0 spiro atoms. The van der Waals surface area contributed by atoms with Crippen LogP contribution in [0.4, 0.5) is 11.4 Å². The first kappa shape index (κ1) is 9.82. The van der Waals surface area contributed by atoms with Crippen molar-refractivity contribution in [3.63, 3.8) is 0 Å². The molecular weight excluding hydrogens is 192 g/mol. The van der Waals surface area contributed by atoms with Crippen LogP contribution in [0.1, 0.15) is 0 Å². The lowest BCUT2D eigenvalue weighted by molar-refractivity contribution is 0.481. The Morgan fingerprint density at radius 3 is 2.38 bits per heavy atom. The lowest BCUT2D eigenvalue weighted by Crippen LogP contribution is -2.26. The predicted molar refractivity (Wildman–Crippen MR) is 50.8 cm³/mol. The van der Waals surface area contributed by atoms with Crippen molar-refractivity contribution in [2.45, 2.75) is 0 Å². The number of para-hydroxylation sites is 2. The highest BCUT2D eigenvalue weighted by molar-refractivity contribution is 7.87. The van der Waals surface area contributed by atoms with Gasteiger partial charge in [0, 0.05) is 7.05 Å². The molecule has 0 heterocycles. The maximum Gasteiger partial charge on any atom is 0.359 e. The Labute approximate surface area is 76.7 Å². The molecule has 3 N–H and O–H groups in total. The summed E-state index contributed by atoms with van der Waals surface area (Å²) in [5, 5.41) is 0. The van der Waals surface area contributed by atoms with Crippen molar-refractivity contribution in [2.75, 3.05) is 17.1 Å². The van der Waals surface area contributed by atoms with Crippen molar-refractivity contribution < 1.29 is 13.0 Å². The van der Waals surface area contributed by atoms with Crippen molar-refractivity contribution in [1.82, 2.24) is 0 Å². The Morgan fingerprint density at radius 2 is 1.92 bits per heavy atom. The van der Waals surface area contributed by atoms with Gasteiger partial charge < -0.3 is 5.73 Å². The van der Waals surface area contributed by atoms with Crippen molar-refractivity contribution in [3.8, 4) is 0 Å². The first-order chi connectivity index (χ1) is 5.93. The standard InChI is InChI=1S/C7H10N2O3S/c1-9(13(10,11)12)7-5-3-2-4-6(7)8/h2-5H,8H2,1H3,(H,10,11,12). The summed E-state index contributed by atoms with van der Waals surface area (Å²) >= 11 is 0. The molecule has 0 amide bonds. The second-order valence-corrected chi connectivity index (χ2v) is 3.95. The second-order valence-electron chi connectivity index (χ2n) is 2.50. The molecule has 5 nitrogen and oxygen atoms in total. The third-order valence-corrected chi connectivity index (χ3v) is 2.51. The normalized spacial score (nSPS) is 11.2. The molecule has 0 radical (unpaired) electrons. The largest absolute Gasteiger partial charge is 0.397 e. The molecular formula is C7H10N2O3S. The van der Waals surface area contributed by atoms with Gasteiger partial charge in [0.25, 0.3) is 0 Å². The van der Waals surface area contributed by atoms with Gasteiger partial charge in [-0.1, -0.05) is 12.1 Å². The van der Waals surface area contributed by atoms with Crippen molar-refractivity contribution >= 4 is 21.7 Å². The van der Waals surface area contributed by atoms with E-state index < -0.39 is 10.3 Å². The number of nitrogens with two attached hydrogens (primary N) is 1. The molecule has 72 valence electrons. The summed E-state index contributed by atoms with van der Waals surface area (Å²) in [6.45, 7) is 0. The molecule has 0 atom stereocenters. The highest BCUT2D eigenvalue weighted by Gasteiger charge is 2.15. The van der Waals surface area contributed by atoms with Crippen LogP contribution in [-0.2, 0) is 10.3 Å². The molecule has 0 fully saturated rings. The fourth-order valence-corrected chi connectivity index (χ4v) is 1.31. The van der Waals surface area contributed by atoms with E-state index in [2.05, 4.69) is 0 Å². The van der Waals surface area contributed by atoms with Crippen LogP contribution < -0.4 is 10.0 Å². The highest BCUT2D eigenvalue weighted by atomic mass is 32.2. The zero-order chi connectivity index (χ0) is 10.1. The third kappa shape index (κ3) is 2.10. The molecule has 13 heavy (non-hydrogen) atoms. The van der Waals surface area contributed by atoms with Gasteiger partial charge in [0.2, 0.25) is 0 Å². The Hall–Kier alpha value is -1.27. The van der Waals surface area contributed by atoms with E-state index in [0.29, 0.717) is 9.99 Å². The third-order valence-electron chi connectivity index (χ3n) is 1.62. The van der Waals surface area contributed by atoms with Gasteiger partial charge in [0.1, 0.15) is 0 Å². The number of nitrogen functional groups attached to an aromatic ring is 1. The monoisotopic (exact) mass is 202 g/mol. The van der Waals surface area contributed by atoms with E-state index in [-0.39, 0.29) is 5.69 Å². The molecule has 0 aliphatic rings. The van der Waals surface area contributed by atoms with Gasteiger partial charge in [-0.25, -0.2) is 4.31 Å². The van der Waals surface area contributed by atoms with E-state index >= 15 is 0 Å². The lowest BCUT2D eigenvalue weighted by Gasteiger charge is -2.16. The Morgan fingerprint density at radius 1 is 1.38 bits per heavy atom. The van der Waals surface area contributed by atoms with Crippen molar-refractivity contribution in [2.24, 2.45) is 0 Å².